The summed E-state index contributed by atoms with van der Waals surface area (Å²) < 4.78 is 6.51. The lowest BCUT2D eigenvalue weighted by Gasteiger charge is -2.28. The van der Waals surface area contributed by atoms with Crippen LogP contribution in [0.4, 0.5) is 0 Å². The van der Waals surface area contributed by atoms with Gasteiger partial charge in [0.15, 0.2) is 6.61 Å². The van der Waals surface area contributed by atoms with Crippen LogP contribution in [0, 0.1) is 0 Å². The molecule has 1 atom stereocenters. The Labute approximate surface area is 172 Å². The molecule has 0 radical (unpaired) electrons. The normalized spacial score (nSPS) is 11.6. The van der Waals surface area contributed by atoms with Crippen molar-refractivity contribution in [3.63, 3.8) is 0 Å². The zero-order chi connectivity index (χ0) is 19.8. The first-order chi connectivity index (χ1) is 12.9. The van der Waals surface area contributed by atoms with Gasteiger partial charge in [-0.2, -0.15) is 0 Å². The average Bonchev–Trinajstić information content (AvgIpc) is 2.65. The molecule has 0 bridgehead atoms. The number of nitrogens with zero attached hydrogens (tertiary/aromatic N) is 1. The summed E-state index contributed by atoms with van der Waals surface area (Å²) >= 11 is 9.33. The van der Waals surface area contributed by atoms with E-state index in [9.17, 15) is 9.59 Å². The van der Waals surface area contributed by atoms with E-state index >= 15 is 0 Å². The Hall–Kier alpha value is -2.05. The van der Waals surface area contributed by atoms with E-state index in [2.05, 4.69) is 21.2 Å². The van der Waals surface area contributed by atoms with Crippen molar-refractivity contribution in [1.29, 1.82) is 0 Å². The molecule has 0 fully saturated rings. The third-order valence-electron chi connectivity index (χ3n) is 3.94. The molecule has 5 nitrogen and oxygen atoms in total. The predicted octanol–water partition coefficient (Wildman–Crippen LogP) is 4.03. The Morgan fingerprint density at radius 2 is 1.93 bits per heavy atom. The van der Waals surface area contributed by atoms with E-state index in [1.165, 1.54) is 4.90 Å². The van der Waals surface area contributed by atoms with Gasteiger partial charge in [0, 0.05) is 22.6 Å². The maximum atomic E-state index is 12.8. The van der Waals surface area contributed by atoms with Crippen LogP contribution in [0.1, 0.15) is 19.4 Å². The third-order valence-corrected chi connectivity index (χ3v) is 4.71. The predicted molar refractivity (Wildman–Crippen MR) is 110 cm³/mol. The lowest BCUT2D eigenvalue weighted by Crippen LogP contribution is -2.49. The number of halogens is 2. The second kappa shape index (κ2) is 10.3. The molecule has 0 unspecified atom stereocenters. The third kappa shape index (κ3) is 6.56. The van der Waals surface area contributed by atoms with Crippen LogP contribution in [0.3, 0.4) is 0 Å². The summed E-state index contributed by atoms with van der Waals surface area (Å²) in [4.78, 5) is 26.6. The number of hydrogen-bond donors (Lipinski definition) is 1. The lowest BCUT2D eigenvalue weighted by molar-refractivity contribution is -0.142. The summed E-state index contributed by atoms with van der Waals surface area (Å²) in [6.45, 7) is 4.18. The average molecular weight is 454 g/mol. The van der Waals surface area contributed by atoms with Crippen LogP contribution in [0.5, 0.6) is 5.75 Å². The topological polar surface area (TPSA) is 58.6 Å². The van der Waals surface area contributed by atoms with Gasteiger partial charge >= 0.3 is 0 Å². The van der Waals surface area contributed by atoms with Crippen LogP contribution >= 0.6 is 27.5 Å². The second-order valence-electron chi connectivity index (χ2n) is 5.96. The fourth-order valence-electron chi connectivity index (χ4n) is 2.48. The van der Waals surface area contributed by atoms with Crippen molar-refractivity contribution < 1.29 is 14.3 Å². The van der Waals surface area contributed by atoms with Crippen LogP contribution < -0.4 is 10.1 Å². The Kier molecular flexibility index (Phi) is 8.13. The summed E-state index contributed by atoms with van der Waals surface area (Å²) in [5.41, 5.74) is 0.922. The minimum Gasteiger partial charge on any atom is -0.484 e. The molecule has 0 aromatic heterocycles. The van der Waals surface area contributed by atoms with E-state index in [0.29, 0.717) is 23.9 Å². The molecule has 0 saturated heterocycles. The van der Waals surface area contributed by atoms with Crippen molar-refractivity contribution in [2.45, 2.75) is 26.4 Å². The molecule has 1 N–H and O–H groups in total. The second-order valence-corrected chi connectivity index (χ2v) is 7.32. The van der Waals surface area contributed by atoms with Crippen LogP contribution in [-0.4, -0.2) is 35.9 Å². The first kappa shape index (κ1) is 21.3. The number of carbonyl (C=O) groups excluding carboxylic acids is 2. The van der Waals surface area contributed by atoms with Crippen molar-refractivity contribution in [1.82, 2.24) is 10.2 Å². The molecule has 2 rings (SSSR count). The van der Waals surface area contributed by atoms with E-state index in [1.807, 2.05) is 31.2 Å². The molecule has 0 saturated carbocycles. The summed E-state index contributed by atoms with van der Waals surface area (Å²) in [6.07, 6.45) is 0. The lowest BCUT2D eigenvalue weighted by atomic mass is 10.1. The van der Waals surface area contributed by atoms with Crippen molar-refractivity contribution >= 4 is 39.3 Å². The van der Waals surface area contributed by atoms with Gasteiger partial charge in [-0.1, -0.05) is 45.7 Å². The molecule has 7 heteroatoms. The largest absolute Gasteiger partial charge is 0.484 e. The summed E-state index contributed by atoms with van der Waals surface area (Å²) in [6, 6.07) is 13.8. The monoisotopic (exact) mass is 452 g/mol. The smallest absolute Gasteiger partial charge is 0.261 e. The molecule has 0 aliphatic carbocycles. The van der Waals surface area contributed by atoms with E-state index in [0.717, 1.165) is 10.0 Å². The van der Waals surface area contributed by atoms with Gasteiger partial charge in [-0.25, -0.2) is 0 Å². The number of benzene rings is 2. The van der Waals surface area contributed by atoms with E-state index in [-0.39, 0.29) is 18.4 Å². The molecule has 2 amide bonds. The molecule has 144 valence electrons. The zero-order valence-corrected chi connectivity index (χ0v) is 17.6. The van der Waals surface area contributed by atoms with Gasteiger partial charge in [0.25, 0.3) is 5.91 Å². The highest BCUT2D eigenvalue weighted by Gasteiger charge is 2.26. The molecule has 2 aromatic carbocycles. The van der Waals surface area contributed by atoms with Crippen molar-refractivity contribution in [2.24, 2.45) is 0 Å². The quantitative estimate of drug-likeness (QED) is 0.656. The molecule has 27 heavy (non-hydrogen) atoms. The maximum absolute atomic E-state index is 12.8. The zero-order valence-electron chi connectivity index (χ0n) is 15.2. The van der Waals surface area contributed by atoms with E-state index < -0.39 is 6.04 Å². The van der Waals surface area contributed by atoms with Gasteiger partial charge < -0.3 is 15.0 Å². The Bertz CT molecular complexity index is 783. The van der Waals surface area contributed by atoms with Gasteiger partial charge in [0.05, 0.1) is 0 Å². The summed E-state index contributed by atoms with van der Waals surface area (Å²) in [7, 11) is 0. The fraction of sp³-hybridized carbons (Fsp3) is 0.300. The SMILES string of the molecule is CCNC(=O)[C@H](C)N(Cc1ccc(Br)cc1)C(=O)COc1cccc(Cl)c1. The number of amides is 2. The van der Waals surface area contributed by atoms with Crippen LogP contribution in [0.15, 0.2) is 53.0 Å². The van der Waals surface area contributed by atoms with Crippen molar-refractivity contribution in [3.05, 3.63) is 63.6 Å². The van der Waals surface area contributed by atoms with E-state index in [1.54, 1.807) is 31.2 Å². The molecule has 0 aliphatic heterocycles. The summed E-state index contributed by atoms with van der Waals surface area (Å²) in [5, 5.41) is 3.29. The van der Waals surface area contributed by atoms with Gasteiger partial charge in [-0.15, -0.1) is 0 Å². The Morgan fingerprint density at radius 3 is 2.56 bits per heavy atom. The van der Waals surface area contributed by atoms with Crippen molar-refractivity contribution in [2.75, 3.05) is 13.2 Å². The van der Waals surface area contributed by atoms with Gasteiger partial charge in [0.1, 0.15) is 11.8 Å². The molecule has 0 heterocycles. The Morgan fingerprint density at radius 1 is 1.22 bits per heavy atom. The summed E-state index contributed by atoms with van der Waals surface area (Å²) in [5.74, 6) is 0.0208. The first-order valence-corrected chi connectivity index (χ1v) is 9.77. The van der Waals surface area contributed by atoms with Crippen LogP contribution in [0.2, 0.25) is 5.02 Å². The molecule has 0 spiro atoms. The number of nitrogens with one attached hydrogen (secondary N) is 1. The highest BCUT2D eigenvalue weighted by molar-refractivity contribution is 9.10. The van der Waals surface area contributed by atoms with Gasteiger partial charge in [-0.3, -0.25) is 9.59 Å². The first-order valence-electron chi connectivity index (χ1n) is 8.60. The number of rotatable bonds is 8. The number of ether oxygens (including phenoxy) is 1. The Balaban J connectivity index is 2.12. The van der Waals surface area contributed by atoms with Crippen molar-refractivity contribution in [3.8, 4) is 5.75 Å². The molecule has 0 aliphatic rings. The van der Waals surface area contributed by atoms with Gasteiger partial charge in [0.2, 0.25) is 5.91 Å². The van der Waals surface area contributed by atoms with Crippen LogP contribution in [0.25, 0.3) is 0 Å². The minimum absolute atomic E-state index is 0.180. The van der Waals surface area contributed by atoms with Crippen LogP contribution in [-0.2, 0) is 16.1 Å². The molecule has 2 aromatic rings. The number of carbonyl (C=O) groups is 2. The standard InChI is InChI=1S/C20H22BrClN2O3/c1-3-23-20(26)14(2)24(12-15-7-9-16(21)10-8-15)19(25)13-27-18-6-4-5-17(22)11-18/h4-11,14H,3,12-13H2,1-2H3,(H,23,26)/t14-/m0/s1. The van der Waals surface area contributed by atoms with Gasteiger partial charge in [-0.05, 0) is 49.7 Å². The number of likely N-dealkylation sites (N-methyl/N-ethyl adjacent to an activating group) is 1. The maximum Gasteiger partial charge on any atom is 0.261 e. The highest BCUT2D eigenvalue weighted by atomic mass is 79.9. The number of hydrogen-bond acceptors (Lipinski definition) is 3. The minimum atomic E-state index is -0.621. The molecular formula is C20H22BrClN2O3. The highest BCUT2D eigenvalue weighted by Crippen LogP contribution is 2.18. The van der Waals surface area contributed by atoms with E-state index in [4.69, 9.17) is 16.3 Å². The fourth-order valence-corrected chi connectivity index (χ4v) is 2.92. The molecular weight excluding hydrogens is 432 g/mol.